The second kappa shape index (κ2) is 7.53. The monoisotopic (exact) mass is 345 g/mol. The Bertz CT molecular complexity index is 697. The molecule has 0 unspecified atom stereocenters. The standard InChI is InChI=1S/C19H27N3OS/c1-3-15-18(16-8-7-13-24-16)17(19(20)23)14(2)22(15)12-11-21-9-5-4-6-10-21/h7-8,13H,3-6,9-12H2,1-2H3,(H2,20,23). The van der Waals surface area contributed by atoms with Crippen LogP contribution in [0.2, 0.25) is 0 Å². The van der Waals surface area contributed by atoms with E-state index < -0.39 is 0 Å². The minimum absolute atomic E-state index is 0.317. The van der Waals surface area contributed by atoms with Crippen molar-refractivity contribution in [3.8, 4) is 10.4 Å². The Morgan fingerprint density at radius 2 is 2.00 bits per heavy atom. The summed E-state index contributed by atoms with van der Waals surface area (Å²) in [7, 11) is 0. The Morgan fingerprint density at radius 1 is 1.25 bits per heavy atom. The summed E-state index contributed by atoms with van der Waals surface area (Å²) in [6.07, 6.45) is 4.87. The molecule has 24 heavy (non-hydrogen) atoms. The van der Waals surface area contributed by atoms with Gasteiger partial charge in [0.15, 0.2) is 0 Å². The highest BCUT2D eigenvalue weighted by Crippen LogP contribution is 2.35. The fourth-order valence-electron chi connectivity index (χ4n) is 3.88. The number of primary amides is 1. The molecule has 5 heteroatoms. The van der Waals surface area contributed by atoms with Crippen LogP contribution >= 0.6 is 11.3 Å². The van der Waals surface area contributed by atoms with Crippen LogP contribution in [0.4, 0.5) is 0 Å². The largest absolute Gasteiger partial charge is 0.366 e. The maximum Gasteiger partial charge on any atom is 0.251 e. The molecule has 3 rings (SSSR count). The molecule has 0 atom stereocenters. The number of amides is 1. The normalized spacial score (nSPS) is 15.8. The number of hydrogen-bond donors (Lipinski definition) is 1. The summed E-state index contributed by atoms with van der Waals surface area (Å²) in [6, 6.07) is 4.12. The van der Waals surface area contributed by atoms with E-state index in [1.54, 1.807) is 11.3 Å². The Morgan fingerprint density at radius 3 is 2.58 bits per heavy atom. The maximum atomic E-state index is 12.1. The molecule has 0 spiro atoms. The third kappa shape index (κ3) is 3.28. The summed E-state index contributed by atoms with van der Waals surface area (Å²) in [6.45, 7) is 8.57. The zero-order valence-corrected chi connectivity index (χ0v) is 15.5. The number of nitrogens with zero attached hydrogens (tertiary/aromatic N) is 2. The summed E-state index contributed by atoms with van der Waals surface area (Å²) < 4.78 is 2.32. The lowest BCUT2D eigenvalue weighted by Crippen LogP contribution is -2.33. The second-order valence-electron chi connectivity index (χ2n) is 6.53. The van der Waals surface area contributed by atoms with Gasteiger partial charge in [0.25, 0.3) is 5.91 Å². The van der Waals surface area contributed by atoms with Crippen LogP contribution in [0.1, 0.15) is 47.9 Å². The summed E-state index contributed by atoms with van der Waals surface area (Å²) in [4.78, 5) is 15.8. The molecular weight excluding hydrogens is 318 g/mol. The first-order chi connectivity index (χ1) is 11.6. The molecule has 0 saturated carbocycles. The van der Waals surface area contributed by atoms with Crippen molar-refractivity contribution in [1.29, 1.82) is 0 Å². The molecular formula is C19H27N3OS. The number of piperidine rings is 1. The molecule has 0 bridgehead atoms. The average Bonchev–Trinajstić information content (AvgIpc) is 3.19. The van der Waals surface area contributed by atoms with E-state index in [1.165, 1.54) is 38.0 Å². The van der Waals surface area contributed by atoms with Gasteiger partial charge in [-0.1, -0.05) is 19.4 Å². The molecule has 2 aromatic rings. The zero-order valence-electron chi connectivity index (χ0n) is 14.7. The van der Waals surface area contributed by atoms with Gasteiger partial charge >= 0.3 is 0 Å². The average molecular weight is 346 g/mol. The van der Waals surface area contributed by atoms with Crippen molar-refractivity contribution in [3.05, 3.63) is 34.5 Å². The van der Waals surface area contributed by atoms with Crippen LogP contribution in [0.3, 0.4) is 0 Å². The minimum Gasteiger partial charge on any atom is -0.366 e. The Labute approximate surface area is 148 Å². The van der Waals surface area contributed by atoms with E-state index in [-0.39, 0.29) is 5.91 Å². The first-order valence-electron chi connectivity index (χ1n) is 8.91. The van der Waals surface area contributed by atoms with E-state index in [0.29, 0.717) is 5.56 Å². The molecule has 1 saturated heterocycles. The van der Waals surface area contributed by atoms with Crippen LogP contribution in [-0.4, -0.2) is 35.0 Å². The Balaban J connectivity index is 1.96. The maximum absolute atomic E-state index is 12.1. The van der Waals surface area contributed by atoms with E-state index in [2.05, 4.69) is 27.8 Å². The molecule has 0 radical (unpaired) electrons. The Hall–Kier alpha value is -1.59. The summed E-state index contributed by atoms with van der Waals surface area (Å²) >= 11 is 1.67. The quantitative estimate of drug-likeness (QED) is 0.868. The van der Waals surface area contributed by atoms with Crippen molar-refractivity contribution >= 4 is 17.2 Å². The lowest BCUT2D eigenvalue weighted by molar-refractivity contribution is 0.1000. The zero-order chi connectivity index (χ0) is 17.1. The number of carbonyl (C=O) groups excluding carboxylic acids is 1. The van der Waals surface area contributed by atoms with Crippen LogP contribution in [-0.2, 0) is 13.0 Å². The predicted octanol–water partition coefficient (Wildman–Crippen LogP) is 3.67. The van der Waals surface area contributed by atoms with Crippen molar-refractivity contribution in [2.75, 3.05) is 19.6 Å². The van der Waals surface area contributed by atoms with Gasteiger partial charge in [-0.25, -0.2) is 0 Å². The molecule has 1 fully saturated rings. The fraction of sp³-hybridized carbons (Fsp3) is 0.526. The highest BCUT2D eigenvalue weighted by atomic mass is 32.1. The van der Waals surface area contributed by atoms with Crippen LogP contribution in [0.5, 0.6) is 0 Å². The van der Waals surface area contributed by atoms with Crippen LogP contribution in [0, 0.1) is 6.92 Å². The third-order valence-electron chi connectivity index (χ3n) is 5.07. The van der Waals surface area contributed by atoms with Gasteiger partial charge in [0.1, 0.15) is 0 Å². The number of likely N-dealkylation sites (tertiary alicyclic amines) is 1. The van der Waals surface area contributed by atoms with Gasteiger partial charge < -0.3 is 15.2 Å². The first kappa shape index (κ1) is 17.2. The van der Waals surface area contributed by atoms with Crippen LogP contribution in [0.15, 0.2) is 17.5 Å². The fourth-order valence-corrected chi connectivity index (χ4v) is 4.68. The summed E-state index contributed by atoms with van der Waals surface area (Å²) in [5.41, 5.74) is 9.74. The number of thiophene rings is 1. The predicted molar refractivity (Wildman–Crippen MR) is 101 cm³/mol. The molecule has 0 aliphatic carbocycles. The molecule has 1 amide bonds. The molecule has 2 aromatic heterocycles. The molecule has 130 valence electrons. The minimum atomic E-state index is -0.317. The molecule has 4 nitrogen and oxygen atoms in total. The number of carbonyl (C=O) groups is 1. The molecule has 3 heterocycles. The van der Waals surface area contributed by atoms with Gasteiger partial charge in [0, 0.05) is 34.9 Å². The van der Waals surface area contributed by atoms with Crippen molar-refractivity contribution in [2.45, 2.75) is 46.1 Å². The van der Waals surface area contributed by atoms with Gasteiger partial charge in [-0.05, 0) is 50.7 Å². The van der Waals surface area contributed by atoms with Gasteiger partial charge in [0.05, 0.1) is 5.56 Å². The van der Waals surface area contributed by atoms with Crippen molar-refractivity contribution < 1.29 is 4.79 Å². The van der Waals surface area contributed by atoms with Crippen LogP contribution < -0.4 is 5.73 Å². The molecule has 1 aliphatic heterocycles. The van der Waals surface area contributed by atoms with E-state index in [4.69, 9.17) is 5.73 Å². The van der Waals surface area contributed by atoms with Gasteiger partial charge in [-0.3, -0.25) is 4.79 Å². The highest BCUT2D eigenvalue weighted by molar-refractivity contribution is 7.13. The van der Waals surface area contributed by atoms with E-state index in [9.17, 15) is 4.79 Å². The SMILES string of the molecule is CCc1c(-c2cccs2)c(C(N)=O)c(C)n1CCN1CCCCC1. The summed E-state index contributed by atoms with van der Waals surface area (Å²) in [5, 5.41) is 2.06. The summed E-state index contributed by atoms with van der Waals surface area (Å²) in [5.74, 6) is -0.317. The number of nitrogens with two attached hydrogens (primary N) is 1. The Kier molecular flexibility index (Phi) is 5.41. The van der Waals surface area contributed by atoms with Gasteiger partial charge in [-0.2, -0.15) is 0 Å². The highest BCUT2D eigenvalue weighted by Gasteiger charge is 2.24. The number of rotatable bonds is 6. The van der Waals surface area contributed by atoms with E-state index >= 15 is 0 Å². The molecule has 2 N–H and O–H groups in total. The van der Waals surface area contributed by atoms with Gasteiger partial charge in [-0.15, -0.1) is 11.3 Å². The number of hydrogen-bond acceptors (Lipinski definition) is 3. The van der Waals surface area contributed by atoms with Crippen molar-refractivity contribution in [2.24, 2.45) is 5.73 Å². The second-order valence-corrected chi connectivity index (χ2v) is 7.48. The molecule has 1 aliphatic rings. The third-order valence-corrected chi connectivity index (χ3v) is 5.96. The van der Waals surface area contributed by atoms with Crippen LogP contribution in [0.25, 0.3) is 10.4 Å². The molecule has 0 aromatic carbocycles. The lowest BCUT2D eigenvalue weighted by atomic mass is 10.1. The topological polar surface area (TPSA) is 51.3 Å². The van der Waals surface area contributed by atoms with Gasteiger partial charge in [0.2, 0.25) is 0 Å². The first-order valence-corrected chi connectivity index (χ1v) is 9.79. The lowest BCUT2D eigenvalue weighted by Gasteiger charge is -2.27. The van der Waals surface area contributed by atoms with E-state index in [0.717, 1.165) is 35.6 Å². The smallest absolute Gasteiger partial charge is 0.251 e. The van der Waals surface area contributed by atoms with Crippen molar-refractivity contribution in [1.82, 2.24) is 9.47 Å². The van der Waals surface area contributed by atoms with E-state index in [1.807, 2.05) is 13.0 Å². The van der Waals surface area contributed by atoms with Crippen molar-refractivity contribution in [3.63, 3.8) is 0 Å². The number of aromatic nitrogens is 1.